The van der Waals surface area contributed by atoms with Crippen LogP contribution in [0.3, 0.4) is 0 Å². The van der Waals surface area contributed by atoms with Crippen molar-refractivity contribution in [3.05, 3.63) is 132 Å². The van der Waals surface area contributed by atoms with Gasteiger partial charge in [-0.15, -0.1) is 0 Å². The quantitative estimate of drug-likeness (QED) is 0.265. The summed E-state index contributed by atoms with van der Waals surface area (Å²) < 4.78 is 35.7. The van der Waals surface area contributed by atoms with E-state index in [1.807, 2.05) is 85.8 Å². The van der Waals surface area contributed by atoms with Crippen molar-refractivity contribution in [2.75, 3.05) is 10.8 Å². The molecular weight excluding hydrogens is 512 g/mol. The lowest BCUT2D eigenvalue weighted by Crippen LogP contribution is -2.41. The minimum atomic E-state index is -4.14. The van der Waals surface area contributed by atoms with Crippen molar-refractivity contribution in [3.63, 3.8) is 0 Å². The van der Waals surface area contributed by atoms with Crippen LogP contribution >= 0.6 is 0 Å². The lowest BCUT2D eigenvalue weighted by Gasteiger charge is -2.28. The molecule has 2 heterocycles. The topological polar surface area (TPSA) is 80.1 Å². The first-order chi connectivity index (χ1) is 18.9. The zero-order valence-electron chi connectivity index (χ0n) is 21.2. The van der Waals surface area contributed by atoms with Gasteiger partial charge in [0.05, 0.1) is 4.90 Å². The summed E-state index contributed by atoms with van der Waals surface area (Å²) >= 11 is 0. The molecule has 0 unspecified atom stereocenters. The van der Waals surface area contributed by atoms with Crippen LogP contribution in [0, 0.1) is 6.92 Å². The summed E-state index contributed by atoms with van der Waals surface area (Å²) in [5, 5.41) is 1.86. The fourth-order valence-corrected chi connectivity index (χ4v) is 6.29. The highest BCUT2D eigenvalue weighted by molar-refractivity contribution is 7.92. The smallest absolute Gasteiger partial charge is 0.267 e. The molecule has 7 nitrogen and oxygen atoms in total. The van der Waals surface area contributed by atoms with Crippen LogP contribution in [0.2, 0.25) is 0 Å². The van der Waals surface area contributed by atoms with Crippen LogP contribution < -0.4 is 4.31 Å². The number of benzene rings is 4. The monoisotopic (exact) mass is 538 g/mol. The largest absolute Gasteiger partial charge is 0.456 e. The Bertz CT molecular complexity index is 1730. The number of carbonyl (C=O) groups is 1. The maximum Gasteiger partial charge on any atom is 0.267 e. The zero-order valence-corrected chi connectivity index (χ0v) is 22.0. The molecule has 1 aliphatic rings. The molecule has 1 atom stereocenters. The number of fused-ring (bicyclic) bond motifs is 3. The van der Waals surface area contributed by atoms with Gasteiger partial charge in [0.2, 0.25) is 0 Å². The molecule has 1 aliphatic heterocycles. The number of hydroxylamine groups is 2. The van der Waals surface area contributed by atoms with E-state index in [0.717, 1.165) is 21.0 Å². The van der Waals surface area contributed by atoms with Crippen molar-refractivity contribution in [2.24, 2.45) is 0 Å². The highest BCUT2D eigenvalue weighted by atomic mass is 32.2. The SMILES string of the molecule is Cc1ccc(S(=O)(=O)N2CC(=O)N(OCc3ccccc3)[C@@H](c3ccccc3)c3oc4ccccc4c32)cc1. The number of sulfonamides is 1. The van der Waals surface area contributed by atoms with Crippen molar-refractivity contribution in [1.82, 2.24) is 5.06 Å². The number of aryl methyl sites for hydroxylation is 1. The van der Waals surface area contributed by atoms with Crippen molar-refractivity contribution >= 4 is 32.6 Å². The molecule has 196 valence electrons. The number of anilines is 1. The molecule has 0 saturated heterocycles. The second-order valence-electron chi connectivity index (χ2n) is 9.43. The predicted molar refractivity (Wildman–Crippen MR) is 148 cm³/mol. The number of nitrogens with zero attached hydrogens (tertiary/aromatic N) is 2. The summed E-state index contributed by atoms with van der Waals surface area (Å²) in [6.07, 6.45) is 0. The third kappa shape index (κ3) is 4.58. The molecule has 5 aromatic rings. The van der Waals surface area contributed by atoms with Crippen molar-refractivity contribution < 1.29 is 22.5 Å². The lowest BCUT2D eigenvalue weighted by atomic mass is 10.0. The molecule has 0 bridgehead atoms. The van der Waals surface area contributed by atoms with Gasteiger partial charge < -0.3 is 4.42 Å². The van der Waals surface area contributed by atoms with Crippen LogP contribution in [0.4, 0.5) is 5.69 Å². The van der Waals surface area contributed by atoms with Gasteiger partial charge in [0, 0.05) is 5.39 Å². The average Bonchev–Trinajstić information content (AvgIpc) is 3.27. The van der Waals surface area contributed by atoms with Crippen LogP contribution in [0.15, 0.2) is 119 Å². The predicted octanol–water partition coefficient (Wildman–Crippen LogP) is 6.00. The van der Waals surface area contributed by atoms with E-state index in [2.05, 4.69) is 0 Å². The fraction of sp³-hybridized carbons (Fsp3) is 0.129. The molecule has 0 fully saturated rings. The van der Waals surface area contributed by atoms with Crippen LogP contribution in [-0.2, 0) is 26.3 Å². The third-order valence-corrected chi connectivity index (χ3v) is 8.55. The number of furan rings is 1. The molecule has 8 heteroatoms. The molecule has 4 aromatic carbocycles. The number of hydrogen-bond acceptors (Lipinski definition) is 5. The first kappa shape index (κ1) is 24.9. The van der Waals surface area contributed by atoms with E-state index in [1.54, 1.807) is 30.3 Å². The molecule has 6 rings (SSSR count). The Balaban J connectivity index is 1.56. The van der Waals surface area contributed by atoms with Crippen LogP contribution in [0.5, 0.6) is 0 Å². The molecule has 39 heavy (non-hydrogen) atoms. The Labute approximate surface area is 226 Å². The minimum absolute atomic E-state index is 0.0899. The molecule has 0 spiro atoms. The highest BCUT2D eigenvalue weighted by Gasteiger charge is 2.43. The Morgan fingerprint density at radius 3 is 2.21 bits per heavy atom. The van der Waals surface area contributed by atoms with Gasteiger partial charge >= 0.3 is 0 Å². The van der Waals surface area contributed by atoms with E-state index in [-0.39, 0.29) is 11.5 Å². The summed E-state index contributed by atoms with van der Waals surface area (Å²) in [4.78, 5) is 20.2. The lowest BCUT2D eigenvalue weighted by molar-refractivity contribution is -0.201. The summed E-state index contributed by atoms with van der Waals surface area (Å²) in [6, 6.07) is 31.9. The van der Waals surface area contributed by atoms with Crippen molar-refractivity contribution in [1.29, 1.82) is 0 Å². The zero-order chi connectivity index (χ0) is 27.0. The normalized spacial score (nSPS) is 15.8. The van der Waals surface area contributed by atoms with Gasteiger partial charge in [0.15, 0.2) is 5.76 Å². The van der Waals surface area contributed by atoms with E-state index in [1.165, 1.54) is 5.06 Å². The standard InChI is InChI=1S/C31H26N2O5S/c1-22-16-18-25(19-17-22)39(35,36)32-20-28(34)33(37-21-23-10-4-2-5-11-23)29(24-12-6-3-7-13-24)31-30(32)26-14-8-9-15-27(26)38-31/h2-19,29H,20-21H2,1H3/t29-/m0/s1. The minimum Gasteiger partial charge on any atom is -0.456 e. The van der Waals surface area contributed by atoms with Gasteiger partial charge in [-0.25, -0.2) is 13.5 Å². The number of carbonyl (C=O) groups excluding carboxylic acids is 1. The molecule has 1 aromatic heterocycles. The van der Waals surface area contributed by atoms with Gasteiger partial charge in [-0.05, 0) is 42.3 Å². The Morgan fingerprint density at radius 2 is 1.49 bits per heavy atom. The van der Waals surface area contributed by atoms with Crippen LogP contribution in [0.1, 0.15) is 28.5 Å². The number of amides is 1. The first-order valence-corrected chi connectivity index (χ1v) is 14.0. The maximum atomic E-state index is 14.1. The van der Waals surface area contributed by atoms with E-state index in [4.69, 9.17) is 9.25 Å². The Morgan fingerprint density at radius 1 is 0.846 bits per heavy atom. The summed E-state index contributed by atoms with van der Waals surface area (Å²) in [6.45, 7) is 1.56. The second kappa shape index (κ2) is 10.1. The van der Waals surface area contributed by atoms with Gasteiger partial charge in [0.1, 0.15) is 30.5 Å². The number of hydrogen-bond donors (Lipinski definition) is 0. The van der Waals surface area contributed by atoms with Gasteiger partial charge in [-0.1, -0.05) is 90.5 Å². The molecular formula is C31H26N2O5S. The molecule has 0 saturated carbocycles. The molecule has 0 aliphatic carbocycles. The summed E-state index contributed by atoms with van der Waals surface area (Å²) in [5.74, 6) is -0.192. The highest BCUT2D eigenvalue weighted by Crippen LogP contribution is 2.46. The number of rotatable bonds is 6. The maximum absolute atomic E-state index is 14.1. The Hall–Kier alpha value is -4.40. The number of para-hydroxylation sites is 1. The average molecular weight is 539 g/mol. The molecule has 0 N–H and O–H groups in total. The fourth-order valence-electron chi connectivity index (χ4n) is 4.85. The third-order valence-electron chi connectivity index (χ3n) is 6.79. The first-order valence-electron chi connectivity index (χ1n) is 12.6. The van der Waals surface area contributed by atoms with Gasteiger partial charge in [-0.2, -0.15) is 0 Å². The van der Waals surface area contributed by atoms with Gasteiger partial charge in [0.25, 0.3) is 15.9 Å². The van der Waals surface area contributed by atoms with Crippen LogP contribution in [-0.4, -0.2) is 25.9 Å². The van der Waals surface area contributed by atoms with Crippen molar-refractivity contribution in [2.45, 2.75) is 24.5 Å². The van der Waals surface area contributed by atoms with Crippen LogP contribution in [0.25, 0.3) is 11.0 Å². The Kier molecular flexibility index (Phi) is 6.42. The summed E-state index contributed by atoms with van der Waals surface area (Å²) in [5.41, 5.74) is 3.38. The molecule has 0 radical (unpaired) electrons. The van der Waals surface area contributed by atoms with Crippen molar-refractivity contribution in [3.8, 4) is 0 Å². The van der Waals surface area contributed by atoms with E-state index < -0.39 is 28.5 Å². The van der Waals surface area contributed by atoms with Gasteiger partial charge in [-0.3, -0.25) is 13.9 Å². The summed E-state index contributed by atoms with van der Waals surface area (Å²) in [7, 11) is -4.14. The van der Waals surface area contributed by atoms with E-state index >= 15 is 0 Å². The van der Waals surface area contributed by atoms with E-state index in [0.29, 0.717) is 22.4 Å². The second-order valence-corrected chi connectivity index (χ2v) is 11.3. The molecule has 1 amide bonds. The van der Waals surface area contributed by atoms with E-state index in [9.17, 15) is 13.2 Å².